The molecule has 0 unspecified atom stereocenters. The standard InChI is InChI=1S/C21H12ClF3N2O2/c22-13-2-1-11(16(24)7-13)10-29-17-4-3-15(23)19(20(17)25)14-5-6-26-21-18(14)12(9-28)8-27-21/h1-9H,10H2,(H,26,27). The number of hydrogen-bond acceptors (Lipinski definition) is 3. The highest BCUT2D eigenvalue weighted by molar-refractivity contribution is 6.30. The van der Waals surface area contributed by atoms with Crippen molar-refractivity contribution in [3.63, 3.8) is 0 Å². The Balaban J connectivity index is 1.77. The quantitative estimate of drug-likeness (QED) is 0.425. The molecule has 2 heterocycles. The number of benzene rings is 2. The monoisotopic (exact) mass is 416 g/mol. The van der Waals surface area contributed by atoms with E-state index in [9.17, 15) is 13.6 Å². The van der Waals surface area contributed by atoms with E-state index in [0.29, 0.717) is 17.3 Å². The Kier molecular flexibility index (Phi) is 4.98. The van der Waals surface area contributed by atoms with Crippen LogP contribution in [0.25, 0.3) is 22.2 Å². The zero-order valence-corrected chi connectivity index (χ0v) is 15.4. The molecule has 1 N–H and O–H groups in total. The van der Waals surface area contributed by atoms with Crippen molar-refractivity contribution in [3.8, 4) is 16.9 Å². The van der Waals surface area contributed by atoms with E-state index in [4.69, 9.17) is 16.3 Å². The minimum Gasteiger partial charge on any atom is -0.486 e. The summed E-state index contributed by atoms with van der Waals surface area (Å²) in [7, 11) is 0. The maximum absolute atomic E-state index is 15.2. The van der Waals surface area contributed by atoms with Crippen LogP contribution in [0.15, 0.2) is 48.8 Å². The number of carbonyl (C=O) groups is 1. The molecule has 0 aliphatic rings. The van der Waals surface area contributed by atoms with Gasteiger partial charge in [-0.1, -0.05) is 17.7 Å². The average Bonchev–Trinajstić information content (AvgIpc) is 3.13. The Hall–Kier alpha value is -3.32. The van der Waals surface area contributed by atoms with Crippen LogP contribution in [0.3, 0.4) is 0 Å². The zero-order chi connectivity index (χ0) is 20.5. The van der Waals surface area contributed by atoms with Crippen molar-refractivity contribution in [3.05, 3.63) is 82.4 Å². The van der Waals surface area contributed by atoms with Crippen LogP contribution in [0.5, 0.6) is 5.75 Å². The van der Waals surface area contributed by atoms with Gasteiger partial charge in [0.1, 0.15) is 23.9 Å². The fourth-order valence-corrected chi connectivity index (χ4v) is 3.23. The van der Waals surface area contributed by atoms with Gasteiger partial charge < -0.3 is 9.72 Å². The molecule has 4 nitrogen and oxygen atoms in total. The third-order valence-corrected chi connectivity index (χ3v) is 4.69. The van der Waals surface area contributed by atoms with Crippen LogP contribution in [-0.2, 0) is 6.61 Å². The van der Waals surface area contributed by atoms with Gasteiger partial charge in [-0.05, 0) is 30.3 Å². The topological polar surface area (TPSA) is 55.0 Å². The van der Waals surface area contributed by atoms with E-state index < -0.39 is 17.5 Å². The number of aromatic amines is 1. The summed E-state index contributed by atoms with van der Waals surface area (Å²) in [4.78, 5) is 18.2. The molecule has 0 aliphatic heterocycles. The molecule has 0 saturated heterocycles. The molecule has 29 heavy (non-hydrogen) atoms. The van der Waals surface area contributed by atoms with Gasteiger partial charge >= 0.3 is 0 Å². The molecule has 4 aromatic rings. The molecular formula is C21H12ClF3N2O2. The normalized spacial score (nSPS) is 11.0. The molecule has 2 aromatic carbocycles. The van der Waals surface area contributed by atoms with E-state index >= 15 is 4.39 Å². The molecule has 4 rings (SSSR count). The summed E-state index contributed by atoms with van der Waals surface area (Å²) in [6, 6.07) is 7.60. The summed E-state index contributed by atoms with van der Waals surface area (Å²) in [6.07, 6.45) is 3.36. The van der Waals surface area contributed by atoms with Crippen LogP contribution in [0, 0.1) is 17.5 Å². The Bertz CT molecular complexity index is 1240. The summed E-state index contributed by atoms with van der Waals surface area (Å²) < 4.78 is 49.0. The number of nitrogens with one attached hydrogen (secondary N) is 1. The molecule has 146 valence electrons. The number of aldehydes is 1. The Morgan fingerprint density at radius 3 is 2.69 bits per heavy atom. The van der Waals surface area contributed by atoms with Crippen molar-refractivity contribution >= 4 is 28.9 Å². The number of nitrogens with zero attached hydrogens (tertiary/aromatic N) is 1. The van der Waals surface area contributed by atoms with E-state index in [2.05, 4.69) is 9.97 Å². The number of fused-ring (bicyclic) bond motifs is 1. The van der Waals surface area contributed by atoms with Crippen LogP contribution in [0.4, 0.5) is 13.2 Å². The van der Waals surface area contributed by atoms with Crippen molar-refractivity contribution in [2.45, 2.75) is 6.61 Å². The van der Waals surface area contributed by atoms with Gasteiger partial charge in [0.15, 0.2) is 17.9 Å². The molecule has 2 aromatic heterocycles. The smallest absolute Gasteiger partial charge is 0.175 e. The lowest BCUT2D eigenvalue weighted by atomic mass is 10.00. The highest BCUT2D eigenvalue weighted by atomic mass is 35.5. The molecule has 0 saturated carbocycles. The number of hydrogen-bond donors (Lipinski definition) is 1. The van der Waals surface area contributed by atoms with Gasteiger partial charge in [0.05, 0.1) is 5.56 Å². The molecule has 0 radical (unpaired) electrons. The Labute approximate surface area is 167 Å². The SMILES string of the molecule is O=Cc1c[nH]c2nccc(-c3c(F)ccc(OCc4ccc(Cl)cc4F)c3F)c12. The maximum Gasteiger partial charge on any atom is 0.175 e. The van der Waals surface area contributed by atoms with Crippen molar-refractivity contribution in [2.24, 2.45) is 0 Å². The number of pyridine rings is 1. The number of rotatable bonds is 5. The molecule has 0 bridgehead atoms. The first-order valence-corrected chi connectivity index (χ1v) is 8.83. The van der Waals surface area contributed by atoms with Crippen molar-refractivity contribution in [1.29, 1.82) is 0 Å². The Morgan fingerprint density at radius 2 is 1.93 bits per heavy atom. The fourth-order valence-electron chi connectivity index (χ4n) is 3.07. The van der Waals surface area contributed by atoms with E-state index in [1.54, 1.807) is 0 Å². The average molecular weight is 417 g/mol. The van der Waals surface area contributed by atoms with E-state index in [1.165, 1.54) is 30.6 Å². The lowest BCUT2D eigenvalue weighted by Crippen LogP contribution is -2.02. The first-order chi connectivity index (χ1) is 14.0. The predicted octanol–water partition coefficient (Wildman–Crippen LogP) is 5.69. The summed E-state index contributed by atoms with van der Waals surface area (Å²) in [5.74, 6) is -2.66. The highest BCUT2D eigenvalue weighted by Crippen LogP contribution is 2.36. The van der Waals surface area contributed by atoms with Crippen molar-refractivity contribution in [1.82, 2.24) is 9.97 Å². The zero-order valence-electron chi connectivity index (χ0n) is 14.7. The van der Waals surface area contributed by atoms with Crippen LogP contribution >= 0.6 is 11.6 Å². The van der Waals surface area contributed by atoms with Crippen molar-refractivity contribution < 1.29 is 22.7 Å². The summed E-state index contributed by atoms with van der Waals surface area (Å²) in [6.45, 7) is -0.277. The van der Waals surface area contributed by atoms with Crippen molar-refractivity contribution in [2.75, 3.05) is 0 Å². The second kappa shape index (κ2) is 7.60. The van der Waals surface area contributed by atoms with Gasteiger partial charge in [-0.15, -0.1) is 0 Å². The summed E-state index contributed by atoms with van der Waals surface area (Å²) in [5.41, 5.74) is 0.486. The largest absolute Gasteiger partial charge is 0.486 e. The molecule has 0 atom stereocenters. The van der Waals surface area contributed by atoms with Gasteiger partial charge in [0, 0.05) is 39.5 Å². The van der Waals surface area contributed by atoms with E-state index in [-0.39, 0.29) is 39.6 Å². The van der Waals surface area contributed by atoms with Gasteiger partial charge in [0.25, 0.3) is 0 Å². The number of halogens is 4. The number of ether oxygens (including phenoxy) is 1. The van der Waals surface area contributed by atoms with Gasteiger partial charge in [-0.3, -0.25) is 4.79 Å². The second-order valence-electron chi connectivity index (χ2n) is 6.20. The summed E-state index contributed by atoms with van der Waals surface area (Å²) in [5, 5.41) is 0.516. The highest BCUT2D eigenvalue weighted by Gasteiger charge is 2.21. The molecule has 0 aliphatic carbocycles. The molecular weight excluding hydrogens is 405 g/mol. The number of aromatic nitrogens is 2. The second-order valence-corrected chi connectivity index (χ2v) is 6.64. The number of H-pyrrole nitrogens is 1. The minimum absolute atomic E-state index is 0.150. The minimum atomic E-state index is -0.968. The lowest BCUT2D eigenvalue weighted by Gasteiger charge is -2.13. The third-order valence-electron chi connectivity index (χ3n) is 4.45. The first-order valence-electron chi connectivity index (χ1n) is 8.46. The van der Waals surface area contributed by atoms with Crippen LogP contribution in [-0.4, -0.2) is 16.3 Å². The summed E-state index contributed by atoms with van der Waals surface area (Å²) >= 11 is 5.71. The predicted molar refractivity (Wildman–Crippen MR) is 103 cm³/mol. The third kappa shape index (κ3) is 3.45. The Morgan fingerprint density at radius 1 is 1.10 bits per heavy atom. The van der Waals surface area contributed by atoms with Crippen LogP contribution in [0.1, 0.15) is 15.9 Å². The lowest BCUT2D eigenvalue weighted by molar-refractivity contribution is 0.112. The molecule has 0 fully saturated rings. The molecule has 8 heteroatoms. The van der Waals surface area contributed by atoms with Gasteiger partial charge in [-0.25, -0.2) is 18.2 Å². The molecule has 0 amide bonds. The fraction of sp³-hybridized carbons (Fsp3) is 0.0476. The van der Waals surface area contributed by atoms with Crippen LogP contribution < -0.4 is 4.74 Å². The van der Waals surface area contributed by atoms with Gasteiger partial charge in [-0.2, -0.15) is 0 Å². The maximum atomic E-state index is 15.2. The van der Waals surface area contributed by atoms with E-state index in [0.717, 1.165) is 18.2 Å². The van der Waals surface area contributed by atoms with Crippen LogP contribution in [0.2, 0.25) is 5.02 Å². The van der Waals surface area contributed by atoms with Gasteiger partial charge in [0.2, 0.25) is 0 Å². The van der Waals surface area contributed by atoms with E-state index in [1.807, 2.05) is 0 Å². The molecule has 0 spiro atoms. The number of carbonyl (C=O) groups excluding carboxylic acids is 1. The first kappa shape index (κ1) is 19.0.